The molecular formula is C22H25N5O2S. The van der Waals surface area contributed by atoms with Crippen LogP contribution in [0.1, 0.15) is 43.6 Å². The summed E-state index contributed by atoms with van der Waals surface area (Å²) in [6.07, 6.45) is 4.27. The van der Waals surface area contributed by atoms with E-state index in [-0.39, 0.29) is 18.0 Å². The van der Waals surface area contributed by atoms with Gasteiger partial charge in [0, 0.05) is 29.4 Å². The minimum absolute atomic E-state index is 0.0780. The maximum Gasteiger partial charge on any atom is 0.261 e. The molecule has 1 aromatic carbocycles. The summed E-state index contributed by atoms with van der Waals surface area (Å²) in [6, 6.07) is 9.70. The van der Waals surface area contributed by atoms with Gasteiger partial charge in [0.15, 0.2) is 10.8 Å². The Balaban J connectivity index is 1.67. The highest BCUT2D eigenvalue weighted by Gasteiger charge is 2.35. The Morgan fingerprint density at radius 3 is 2.73 bits per heavy atom. The predicted molar refractivity (Wildman–Crippen MR) is 121 cm³/mol. The highest BCUT2D eigenvalue weighted by molar-refractivity contribution is 8.14. The number of amides is 1. The second kappa shape index (κ2) is 8.47. The Hall–Kier alpha value is -2.87. The summed E-state index contributed by atoms with van der Waals surface area (Å²) in [5.74, 6) is 1.53. The minimum Gasteiger partial charge on any atom is -0.497 e. The van der Waals surface area contributed by atoms with E-state index >= 15 is 0 Å². The van der Waals surface area contributed by atoms with Crippen LogP contribution in [0.4, 0.5) is 5.69 Å². The molecule has 0 N–H and O–H groups in total. The van der Waals surface area contributed by atoms with Gasteiger partial charge in [0.1, 0.15) is 5.75 Å². The number of aromatic nitrogens is 3. The van der Waals surface area contributed by atoms with Crippen LogP contribution in [-0.4, -0.2) is 49.6 Å². The van der Waals surface area contributed by atoms with Gasteiger partial charge in [0.2, 0.25) is 0 Å². The lowest BCUT2D eigenvalue weighted by atomic mass is 10.1. The first-order chi connectivity index (χ1) is 14.5. The first-order valence-corrected chi connectivity index (χ1v) is 11.0. The van der Waals surface area contributed by atoms with Crippen molar-refractivity contribution in [2.75, 3.05) is 12.9 Å². The number of nitrogens with zero attached hydrogens (tertiary/aromatic N) is 5. The molecule has 0 bridgehead atoms. The molecular weight excluding hydrogens is 398 g/mol. The number of hydrogen-bond donors (Lipinski definition) is 0. The van der Waals surface area contributed by atoms with Crippen molar-refractivity contribution in [3.05, 3.63) is 48.3 Å². The van der Waals surface area contributed by atoms with Gasteiger partial charge >= 0.3 is 0 Å². The number of amidine groups is 1. The number of benzene rings is 1. The number of carbonyl (C=O) groups excluding carboxylic acids is 1. The molecule has 4 rings (SSSR count). The maximum atomic E-state index is 13.4. The SMILES string of the molecule is CCC1CSC(=Nc2ccc(OC)cc2)N1C(=O)c1cnc2c(cnn2C(C)C)c1. The van der Waals surface area contributed by atoms with Gasteiger partial charge in [0.25, 0.3) is 5.91 Å². The first kappa shape index (κ1) is 20.4. The van der Waals surface area contributed by atoms with Crippen LogP contribution in [0, 0.1) is 0 Å². The molecule has 0 radical (unpaired) electrons. The highest BCUT2D eigenvalue weighted by Crippen LogP contribution is 2.31. The van der Waals surface area contributed by atoms with Crippen molar-refractivity contribution >= 4 is 39.6 Å². The van der Waals surface area contributed by atoms with E-state index in [4.69, 9.17) is 9.73 Å². The van der Waals surface area contributed by atoms with Gasteiger partial charge in [-0.3, -0.25) is 9.69 Å². The second-order valence-electron chi connectivity index (χ2n) is 7.46. The van der Waals surface area contributed by atoms with Gasteiger partial charge < -0.3 is 4.74 Å². The van der Waals surface area contributed by atoms with Crippen LogP contribution in [0.25, 0.3) is 11.0 Å². The van der Waals surface area contributed by atoms with E-state index in [1.807, 2.05) is 39.9 Å². The van der Waals surface area contributed by atoms with E-state index in [0.717, 1.165) is 39.8 Å². The summed E-state index contributed by atoms with van der Waals surface area (Å²) in [7, 11) is 1.63. The molecule has 1 aliphatic rings. The second-order valence-corrected chi connectivity index (χ2v) is 8.45. The number of hydrogen-bond acceptors (Lipinski definition) is 6. The minimum atomic E-state index is -0.0780. The average Bonchev–Trinajstić information content (AvgIpc) is 3.37. The molecule has 1 aliphatic heterocycles. The molecule has 3 heterocycles. The molecule has 1 fully saturated rings. The number of aliphatic imine (C=N–C) groups is 1. The standard InChI is InChI=1S/C22H25N5O2S/c1-5-18-13-30-22(25-17-6-8-19(29-4)9-7-17)26(18)21(28)16-10-15-12-24-27(14(2)3)20(15)23-11-16/h6-12,14,18H,5,13H2,1-4H3. The van der Waals surface area contributed by atoms with Gasteiger partial charge in [-0.1, -0.05) is 18.7 Å². The molecule has 3 aromatic rings. The van der Waals surface area contributed by atoms with Crippen molar-refractivity contribution in [2.24, 2.45) is 4.99 Å². The van der Waals surface area contributed by atoms with Crippen LogP contribution < -0.4 is 4.74 Å². The Morgan fingerprint density at radius 1 is 1.30 bits per heavy atom. The zero-order valence-corrected chi connectivity index (χ0v) is 18.4. The smallest absolute Gasteiger partial charge is 0.261 e. The molecule has 2 aromatic heterocycles. The third kappa shape index (κ3) is 3.79. The maximum absolute atomic E-state index is 13.4. The predicted octanol–water partition coefficient (Wildman–Crippen LogP) is 4.68. The van der Waals surface area contributed by atoms with Gasteiger partial charge in [-0.15, -0.1) is 0 Å². The largest absolute Gasteiger partial charge is 0.497 e. The molecule has 7 nitrogen and oxygen atoms in total. The number of methoxy groups -OCH3 is 1. The molecule has 1 unspecified atom stereocenters. The number of fused-ring (bicyclic) bond motifs is 1. The lowest BCUT2D eigenvalue weighted by molar-refractivity contribution is 0.0819. The normalized spacial score (nSPS) is 18.0. The molecule has 0 saturated carbocycles. The molecule has 0 aliphatic carbocycles. The van der Waals surface area contributed by atoms with E-state index in [9.17, 15) is 4.79 Å². The third-order valence-electron chi connectivity index (χ3n) is 5.13. The van der Waals surface area contributed by atoms with E-state index in [0.29, 0.717) is 5.56 Å². The summed E-state index contributed by atoms with van der Waals surface area (Å²) >= 11 is 1.61. The van der Waals surface area contributed by atoms with Crippen LogP contribution >= 0.6 is 11.8 Å². The first-order valence-electron chi connectivity index (χ1n) is 10.0. The summed E-state index contributed by atoms with van der Waals surface area (Å²) in [6.45, 7) is 6.21. The Kier molecular flexibility index (Phi) is 5.76. The summed E-state index contributed by atoms with van der Waals surface area (Å²) in [4.78, 5) is 24.5. The van der Waals surface area contributed by atoms with Gasteiger partial charge in [0.05, 0.1) is 24.6 Å². The number of rotatable bonds is 5. The number of ether oxygens (including phenoxy) is 1. The summed E-state index contributed by atoms with van der Waals surface area (Å²) in [5.41, 5.74) is 2.13. The number of pyridine rings is 1. The van der Waals surface area contributed by atoms with Gasteiger partial charge in [-0.25, -0.2) is 14.7 Å². The number of carbonyl (C=O) groups is 1. The van der Waals surface area contributed by atoms with E-state index in [1.54, 1.807) is 31.3 Å². The van der Waals surface area contributed by atoms with Crippen LogP contribution in [0.15, 0.2) is 47.7 Å². The van der Waals surface area contributed by atoms with Crippen molar-refractivity contribution in [1.29, 1.82) is 0 Å². The quantitative estimate of drug-likeness (QED) is 0.596. The molecule has 30 heavy (non-hydrogen) atoms. The third-order valence-corrected chi connectivity index (χ3v) is 6.23. The monoisotopic (exact) mass is 423 g/mol. The highest BCUT2D eigenvalue weighted by atomic mass is 32.2. The fourth-order valence-corrected chi connectivity index (χ4v) is 4.72. The van der Waals surface area contributed by atoms with Crippen molar-refractivity contribution in [2.45, 2.75) is 39.3 Å². The van der Waals surface area contributed by atoms with Crippen LogP contribution in [0.3, 0.4) is 0 Å². The Labute approximate surface area is 180 Å². The Bertz CT molecular complexity index is 1090. The van der Waals surface area contributed by atoms with Crippen LogP contribution in [-0.2, 0) is 0 Å². The van der Waals surface area contributed by atoms with Crippen LogP contribution in [0.5, 0.6) is 5.75 Å². The average molecular weight is 424 g/mol. The van der Waals surface area contributed by atoms with Gasteiger partial charge in [-0.05, 0) is 50.6 Å². The van der Waals surface area contributed by atoms with Crippen molar-refractivity contribution in [1.82, 2.24) is 19.7 Å². The lowest BCUT2D eigenvalue weighted by Gasteiger charge is -2.23. The molecule has 1 saturated heterocycles. The molecule has 8 heteroatoms. The van der Waals surface area contributed by atoms with Crippen molar-refractivity contribution in [3.8, 4) is 5.75 Å². The van der Waals surface area contributed by atoms with Gasteiger partial charge in [-0.2, -0.15) is 5.10 Å². The zero-order chi connectivity index (χ0) is 21.3. The van der Waals surface area contributed by atoms with Crippen LogP contribution in [0.2, 0.25) is 0 Å². The Morgan fingerprint density at radius 2 is 2.07 bits per heavy atom. The summed E-state index contributed by atoms with van der Waals surface area (Å²) < 4.78 is 7.07. The van der Waals surface area contributed by atoms with E-state index < -0.39 is 0 Å². The van der Waals surface area contributed by atoms with E-state index in [1.165, 1.54) is 0 Å². The van der Waals surface area contributed by atoms with Crippen molar-refractivity contribution in [3.63, 3.8) is 0 Å². The number of thioether (sulfide) groups is 1. The molecule has 0 spiro atoms. The van der Waals surface area contributed by atoms with E-state index in [2.05, 4.69) is 30.9 Å². The topological polar surface area (TPSA) is 72.6 Å². The molecule has 1 amide bonds. The molecule has 156 valence electrons. The summed E-state index contributed by atoms with van der Waals surface area (Å²) in [5, 5.41) is 5.98. The fraction of sp³-hybridized carbons (Fsp3) is 0.364. The zero-order valence-electron chi connectivity index (χ0n) is 17.6. The molecule has 1 atom stereocenters. The van der Waals surface area contributed by atoms with Crippen molar-refractivity contribution < 1.29 is 9.53 Å². The fourth-order valence-electron chi connectivity index (χ4n) is 3.45. The lowest BCUT2D eigenvalue weighted by Crippen LogP contribution is -2.39.